The van der Waals surface area contributed by atoms with Crippen LogP contribution in [0, 0.1) is 0 Å². The standard InChI is InChI=1S/C14H12BrN3O2S2/c15-11-4-6-12(7-5-11)22(19,20)10-9-21-14-17-16-13-3-1-2-8-18(13)14/h1-8H,9-10H2. The number of aromatic nitrogens is 3. The van der Waals surface area contributed by atoms with Gasteiger partial charge >= 0.3 is 0 Å². The second-order valence-electron chi connectivity index (χ2n) is 4.53. The Morgan fingerprint density at radius 2 is 1.86 bits per heavy atom. The predicted molar refractivity (Wildman–Crippen MR) is 89.9 cm³/mol. The van der Waals surface area contributed by atoms with Crippen LogP contribution in [0.3, 0.4) is 0 Å². The summed E-state index contributed by atoms with van der Waals surface area (Å²) in [7, 11) is -3.28. The molecule has 5 nitrogen and oxygen atoms in total. The number of fused-ring (bicyclic) bond motifs is 1. The summed E-state index contributed by atoms with van der Waals surface area (Å²) in [4.78, 5) is 0.336. The SMILES string of the molecule is O=S(=O)(CCSc1nnc2ccccn12)c1ccc(Br)cc1. The fraction of sp³-hybridized carbons (Fsp3) is 0.143. The van der Waals surface area contributed by atoms with Crippen molar-refractivity contribution in [3.63, 3.8) is 0 Å². The van der Waals surface area contributed by atoms with Crippen LogP contribution < -0.4 is 0 Å². The second kappa shape index (κ2) is 6.39. The number of hydrogen-bond acceptors (Lipinski definition) is 5. The van der Waals surface area contributed by atoms with Crippen molar-refractivity contribution in [1.29, 1.82) is 0 Å². The lowest BCUT2D eigenvalue weighted by atomic mass is 10.4. The van der Waals surface area contributed by atoms with E-state index < -0.39 is 9.84 Å². The summed E-state index contributed by atoms with van der Waals surface area (Å²) in [6, 6.07) is 12.3. The maximum atomic E-state index is 12.3. The van der Waals surface area contributed by atoms with Gasteiger partial charge in [0.15, 0.2) is 20.6 Å². The van der Waals surface area contributed by atoms with Gasteiger partial charge in [0, 0.05) is 16.4 Å². The summed E-state index contributed by atoms with van der Waals surface area (Å²) in [5, 5.41) is 8.81. The molecule has 2 aromatic heterocycles. The van der Waals surface area contributed by atoms with Crippen LogP contribution >= 0.6 is 27.7 Å². The first kappa shape index (κ1) is 15.5. The Labute approximate surface area is 140 Å². The topological polar surface area (TPSA) is 64.3 Å². The average Bonchev–Trinajstić information content (AvgIpc) is 2.91. The van der Waals surface area contributed by atoms with Gasteiger partial charge in [-0.15, -0.1) is 10.2 Å². The minimum Gasteiger partial charge on any atom is -0.277 e. The van der Waals surface area contributed by atoms with Crippen LogP contribution in [-0.2, 0) is 9.84 Å². The van der Waals surface area contributed by atoms with Crippen molar-refractivity contribution in [1.82, 2.24) is 14.6 Å². The molecule has 0 aliphatic heterocycles. The first-order chi connectivity index (χ1) is 10.6. The third-order valence-electron chi connectivity index (χ3n) is 3.04. The molecule has 114 valence electrons. The molecule has 0 saturated heterocycles. The van der Waals surface area contributed by atoms with E-state index in [1.54, 1.807) is 24.3 Å². The number of hydrogen-bond donors (Lipinski definition) is 0. The van der Waals surface area contributed by atoms with Crippen LogP contribution in [0.25, 0.3) is 5.65 Å². The van der Waals surface area contributed by atoms with Crippen LogP contribution in [0.4, 0.5) is 0 Å². The Balaban J connectivity index is 1.68. The third kappa shape index (κ3) is 3.34. The molecule has 1 aromatic carbocycles. The molecule has 3 rings (SSSR count). The van der Waals surface area contributed by atoms with Gasteiger partial charge in [-0.25, -0.2) is 8.42 Å². The lowest BCUT2D eigenvalue weighted by molar-refractivity contribution is 0.597. The molecular formula is C14H12BrN3O2S2. The fourth-order valence-electron chi connectivity index (χ4n) is 1.92. The Hall–Kier alpha value is -1.38. The summed E-state index contributed by atoms with van der Waals surface area (Å²) >= 11 is 4.68. The average molecular weight is 398 g/mol. The van der Waals surface area contributed by atoms with Crippen molar-refractivity contribution in [3.8, 4) is 0 Å². The largest absolute Gasteiger partial charge is 0.277 e. The van der Waals surface area contributed by atoms with Gasteiger partial charge in [-0.05, 0) is 36.4 Å². The summed E-state index contributed by atoms with van der Waals surface area (Å²) < 4.78 is 27.2. The van der Waals surface area contributed by atoms with Crippen molar-refractivity contribution in [3.05, 3.63) is 53.1 Å². The Bertz CT molecular complexity index is 892. The van der Waals surface area contributed by atoms with Gasteiger partial charge in [-0.2, -0.15) is 0 Å². The van der Waals surface area contributed by atoms with Gasteiger partial charge in [0.05, 0.1) is 10.6 Å². The van der Waals surface area contributed by atoms with Crippen molar-refractivity contribution in [2.45, 2.75) is 10.1 Å². The Kier molecular flexibility index (Phi) is 4.51. The van der Waals surface area contributed by atoms with Crippen LogP contribution in [-0.4, -0.2) is 34.5 Å². The molecule has 0 fully saturated rings. The second-order valence-corrected chi connectivity index (χ2v) is 8.62. The first-order valence-electron chi connectivity index (χ1n) is 6.47. The molecule has 0 spiro atoms. The highest BCUT2D eigenvalue weighted by Gasteiger charge is 2.15. The van der Waals surface area contributed by atoms with Gasteiger partial charge in [0.25, 0.3) is 0 Å². The lowest BCUT2D eigenvalue weighted by Gasteiger charge is -2.04. The summed E-state index contributed by atoms with van der Waals surface area (Å²) in [5.41, 5.74) is 0.751. The van der Waals surface area contributed by atoms with Crippen LogP contribution in [0.1, 0.15) is 0 Å². The van der Waals surface area contributed by atoms with Crippen LogP contribution in [0.15, 0.2) is 63.2 Å². The quantitative estimate of drug-likeness (QED) is 0.619. The number of pyridine rings is 1. The van der Waals surface area contributed by atoms with E-state index in [9.17, 15) is 8.42 Å². The molecular weight excluding hydrogens is 386 g/mol. The molecule has 22 heavy (non-hydrogen) atoms. The minimum absolute atomic E-state index is 0.0566. The van der Waals surface area contributed by atoms with E-state index in [1.807, 2.05) is 28.8 Å². The van der Waals surface area contributed by atoms with Crippen molar-refractivity contribution >= 4 is 43.2 Å². The number of rotatable bonds is 5. The molecule has 8 heteroatoms. The molecule has 0 bridgehead atoms. The highest BCUT2D eigenvalue weighted by atomic mass is 79.9. The Morgan fingerprint density at radius 1 is 1.09 bits per heavy atom. The first-order valence-corrected chi connectivity index (χ1v) is 9.90. The minimum atomic E-state index is -3.28. The molecule has 0 N–H and O–H groups in total. The number of nitrogens with zero attached hydrogens (tertiary/aromatic N) is 3. The van der Waals surface area contributed by atoms with Gasteiger partial charge in [-0.1, -0.05) is 33.8 Å². The van der Waals surface area contributed by atoms with Gasteiger partial charge in [0.1, 0.15) is 0 Å². The zero-order valence-corrected chi connectivity index (χ0v) is 14.6. The normalized spacial score (nSPS) is 11.9. The fourth-order valence-corrected chi connectivity index (χ4v) is 4.76. The molecule has 0 aliphatic carbocycles. The molecule has 0 amide bonds. The predicted octanol–water partition coefficient (Wildman–Crippen LogP) is 3.06. The monoisotopic (exact) mass is 397 g/mol. The van der Waals surface area contributed by atoms with E-state index in [-0.39, 0.29) is 5.75 Å². The molecule has 0 unspecified atom stereocenters. The third-order valence-corrected chi connectivity index (χ3v) is 6.50. The van der Waals surface area contributed by atoms with Crippen LogP contribution in [0.2, 0.25) is 0 Å². The van der Waals surface area contributed by atoms with Crippen molar-refractivity contribution < 1.29 is 8.42 Å². The summed E-state index contributed by atoms with van der Waals surface area (Å²) in [5.74, 6) is 0.481. The molecule has 0 atom stereocenters. The smallest absolute Gasteiger partial charge is 0.195 e. The number of halogens is 1. The van der Waals surface area contributed by atoms with Gasteiger partial charge in [0.2, 0.25) is 0 Å². The van der Waals surface area contributed by atoms with E-state index in [1.165, 1.54) is 11.8 Å². The maximum Gasteiger partial charge on any atom is 0.195 e. The molecule has 0 radical (unpaired) electrons. The molecule has 2 heterocycles. The van der Waals surface area contributed by atoms with Crippen molar-refractivity contribution in [2.75, 3.05) is 11.5 Å². The van der Waals surface area contributed by atoms with E-state index >= 15 is 0 Å². The van der Waals surface area contributed by atoms with E-state index in [2.05, 4.69) is 26.1 Å². The summed E-state index contributed by atoms with van der Waals surface area (Å²) in [6.45, 7) is 0. The van der Waals surface area contributed by atoms with E-state index in [0.717, 1.165) is 10.1 Å². The number of thioether (sulfide) groups is 1. The molecule has 0 saturated carbocycles. The highest BCUT2D eigenvalue weighted by molar-refractivity contribution is 9.10. The molecule has 3 aromatic rings. The highest BCUT2D eigenvalue weighted by Crippen LogP contribution is 2.20. The summed E-state index contributed by atoms with van der Waals surface area (Å²) in [6.07, 6.45) is 1.86. The number of benzene rings is 1. The van der Waals surface area contributed by atoms with Crippen LogP contribution in [0.5, 0.6) is 0 Å². The molecule has 0 aliphatic rings. The van der Waals surface area contributed by atoms with Gasteiger partial charge in [-0.3, -0.25) is 4.40 Å². The van der Waals surface area contributed by atoms with E-state index in [0.29, 0.717) is 15.8 Å². The Morgan fingerprint density at radius 3 is 2.64 bits per heavy atom. The zero-order valence-electron chi connectivity index (χ0n) is 11.4. The lowest BCUT2D eigenvalue weighted by Crippen LogP contribution is -2.09. The van der Waals surface area contributed by atoms with Crippen molar-refractivity contribution in [2.24, 2.45) is 0 Å². The van der Waals surface area contributed by atoms with E-state index in [4.69, 9.17) is 0 Å². The van der Waals surface area contributed by atoms with Gasteiger partial charge < -0.3 is 0 Å². The number of sulfone groups is 1. The zero-order chi connectivity index (χ0) is 15.6. The maximum absolute atomic E-state index is 12.3.